The van der Waals surface area contributed by atoms with E-state index >= 15 is 0 Å². The van der Waals surface area contributed by atoms with Crippen LogP contribution in [0.25, 0.3) is 0 Å². The van der Waals surface area contributed by atoms with E-state index < -0.39 is 198 Å². The molecule has 3 rings (SSSR count). The van der Waals surface area contributed by atoms with Gasteiger partial charge in [-0.05, 0) is 66.1 Å². The monoisotopic (exact) mass is 1540 g/mol. The van der Waals surface area contributed by atoms with Crippen molar-refractivity contribution in [2.45, 2.75) is 132 Å². The molecule has 0 aromatic heterocycles. The quantitative estimate of drug-likeness (QED) is 0.0394. The Morgan fingerprint density at radius 1 is 0.278 bits per heavy atom. The minimum Gasteiger partial charge on any atom is -0.487 e. The minimum atomic E-state index is -8.82. The Morgan fingerprint density at radius 2 is 0.443 bits per heavy atom. The second-order valence-electron chi connectivity index (χ2n) is 19.2. The number of hydrogen-bond acceptors (Lipinski definition) is 5. The second kappa shape index (κ2) is 25.1. The summed E-state index contributed by atoms with van der Waals surface area (Å²) in [6.07, 6.45) is -24.1. The van der Waals surface area contributed by atoms with Gasteiger partial charge in [-0.1, -0.05) is 36.4 Å². The van der Waals surface area contributed by atoms with E-state index in [9.17, 15) is 202 Å². The lowest BCUT2D eigenvalue weighted by atomic mass is 9.91. The molecule has 0 saturated carbocycles. The maximum atomic E-state index is 14.7. The molecule has 0 radical (unpaired) electrons. The fraction of sp³-hybridized carbons (Fsp3) is 0.565. The van der Waals surface area contributed by atoms with Crippen molar-refractivity contribution in [3.05, 3.63) is 72.8 Å². The molecule has 558 valence electrons. The van der Waals surface area contributed by atoms with Crippen LogP contribution in [0.5, 0.6) is 17.2 Å². The Kier molecular flexibility index (Phi) is 22.0. The first-order chi connectivity index (χ1) is 42.5. The lowest BCUT2D eigenvalue weighted by Crippen LogP contribution is -2.73. The summed E-state index contributed by atoms with van der Waals surface area (Å²) in [5, 5.41) is -2.72. The van der Waals surface area contributed by atoms with E-state index in [1.54, 1.807) is 0 Å². The van der Waals surface area contributed by atoms with Crippen LogP contribution >= 0.6 is 6.89 Å². The maximum Gasteiger partial charge on any atom is 0.460 e. The highest BCUT2D eigenvalue weighted by Crippen LogP contribution is 2.66. The van der Waals surface area contributed by atoms with E-state index in [2.05, 4.69) is 14.2 Å². The summed E-state index contributed by atoms with van der Waals surface area (Å²) < 4.78 is 638. The molecule has 0 atom stereocenters. The predicted octanol–water partition coefficient (Wildman–Crippen LogP) is 17.6. The minimum absolute atomic E-state index is 0.0282. The highest BCUT2D eigenvalue weighted by Gasteiger charge is 2.96. The van der Waals surface area contributed by atoms with Crippen molar-refractivity contribution >= 4 is 34.6 Å². The number of carbonyl (C=O) groups is 1. The van der Waals surface area contributed by atoms with Crippen LogP contribution in [-0.2, 0) is 9.53 Å². The third-order valence-electron chi connectivity index (χ3n) is 12.8. The molecule has 0 aliphatic carbocycles. The van der Waals surface area contributed by atoms with Gasteiger partial charge in [-0.15, -0.1) is 0 Å². The zero-order chi connectivity index (χ0) is 76.9. The lowest BCUT2D eigenvalue weighted by Gasteiger charge is -2.41. The van der Waals surface area contributed by atoms with E-state index in [0.717, 1.165) is 6.92 Å². The Hall–Kier alpha value is -6.32. The molecule has 0 unspecified atom stereocenters. The smallest absolute Gasteiger partial charge is 0.460 e. The molecule has 97 heavy (non-hydrogen) atoms. The van der Waals surface area contributed by atoms with E-state index in [-0.39, 0.29) is 78.6 Å². The van der Waals surface area contributed by atoms with Gasteiger partial charge in [0, 0.05) is 5.80 Å². The standard InChI is InChI=1S/C46H24F45O5P/c1-2-93-25(92)15-97(22-9-3-19(4-10-22)94-16-26(47,48)29(53,54)32(59,60)35(65,66)38(71,72)41(77,78)44(83,84)85,23-11-5-20(6-12-23)95-17-27(49,50)30(55,56)33(61,62)36(67,68)39(73,74)42(79,80)45(86,87)88)24-13-7-21(8-14-24)96-18-28(51,52)31(57,58)34(63,64)37(69,70)40(75,76)43(81,82)46(89,90)91/h3-15H,2,16-18H2,1H3. The Morgan fingerprint density at radius 3 is 0.608 bits per heavy atom. The molecule has 5 nitrogen and oxygen atoms in total. The van der Waals surface area contributed by atoms with Crippen LogP contribution in [0.1, 0.15) is 6.92 Å². The van der Waals surface area contributed by atoms with Gasteiger partial charge < -0.3 is 18.9 Å². The van der Waals surface area contributed by atoms with Crippen molar-refractivity contribution in [3.63, 3.8) is 0 Å². The topological polar surface area (TPSA) is 54.0 Å². The normalized spacial score (nSPS) is 15.5. The zero-order valence-corrected chi connectivity index (χ0v) is 45.7. The van der Waals surface area contributed by atoms with Crippen LogP contribution in [0.4, 0.5) is 198 Å². The molecule has 0 saturated heterocycles. The van der Waals surface area contributed by atoms with E-state index in [1.165, 1.54) is 0 Å². The first-order valence-electron chi connectivity index (χ1n) is 23.6. The zero-order valence-electron chi connectivity index (χ0n) is 44.8. The molecule has 3 aromatic rings. The summed E-state index contributed by atoms with van der Waals surface area (Å²) in [7, 11) is 0. The van der Waals surface area contributed by atoms with Gasteiger partial charge in [0.2, 0.25) is 0 Å². The first kappa shape index (κ1) is 84.9. The molecule has 0 heterocycles. The number of ether oxygens (including phenoxy) is 4. The number of rotatable bonds is 29. The van der Waals surface area contributed by atoms with Crippen molar-refractivity contribution in [1.82, 2.24) is 0 Å². The molecule has 0 aliphatic rings. The van der Waals surface area contributed by atoms with Gasteiger partial charge in [0.15, 0.2) is 19.8 Å². The van der Waals surface area contributed by atoms with Gasteiger partial charge in [0.1, 0.15) is 17.2 Å². The van der Waals surface area contributed by atoms with E-state index in [4.69, 9.17) is 4.74 Å². The molecule has 0 N–H and O–H groups in total. The lowest BCUT2D eigenvalue weighted by molar-refractivity contribution is -0.453. The highest BCUT2D eigenvalue weighted by molar-refractivity contribution is 7.95. The number of carbonyl (C=O) groups excluding carboxylic acids is 1. The summed E-state index contributed by atoms with van der Waals surface area (Å²) in [6, 6.07) is 1.62. The van der Waals surface area contributed by atoms with E-state index in [1.807, 2.05) is 0 Å². The highest BCUT2D eigenvalue weighted by atomic mass is 31.2. The predicted molar refractivity (Wildman–Crippen MR) is 232 cm³/mol. The molecular weight excluding hydrogens is 1520 g/mol. The average molecular weight is 1540 g/mol. The summed E-state index contributed by atoms with van der Waals surface area (Å²) in [5.41, 5.74) is 0. The van der Waals surface area contributed by atoms with Crippen LogP contribution in [0, 0.1) is 0 Å². The van der Waals surface area contributed by atoms with Gasteiger partial charge >= 0.3 is 131 Å². The van der Waals surface area contributed by atoms with Gasteiger partial charge in [-0.2, -0.15) is 198 Å². The molecular formula is C46H24F45O5P. The second-order valence-corrected chi connectivity index (χ2v) is 22.4. The van der Waals surface area contributed by atoms with Gasteiger partial charge in [0.05, 0.1) is 6.61 Å². The Labute approximate surface area is 504 Å². The largest absolute Gasteiger partial charge is 0.487 e. The van der Waals surface area contributed by atoms with Crippen LogP contribution in [0.15, 0.2) is 72.8 Å². The molecule has 0 aliphatic heterocycles. The fourth-order valence-corrected chi connectivity index (χ4v) is 10.7. The molecule has 0 fully saturated rings. The van der Waals surface area contributed by atoms with Crippen LogP contribution in [0.2, 0.25) is 0 Å². The SMILES string of the molecule is CCOC(=O)C=P(c1ccc(OCC(F)(F)C(F)(F)C(F)(F)C(F)(F)C(F)(F)C(F)(F)C(F)(F)F)cc1)(c1ccc(OCC(F)(F)C(F)(F)C(F)(F)C(F)(F)C(F)(F)C(F)(F)C(F)(F)F)cc1)c1ccc(OCC(F)(F)C(F)(F)C(F)(F)C(F)(F)C(F)(F)C(F)(F)C(F)(F)F)cc1. The summed E-state index contributed by atoms with van der Waals surface area (Å²) >= 11 is 0. The van der Waals surface area contributed by atoms with Gasteiger partial charge in [0.25, 0.3) is 0 Å². The number of halogens is 45. The third kappa shape index (κ3) is 13.1. The van der Waals surface area contributed by atoms with Crippen LogP contribution < -0.4 is 30.1 Å². The summed E-state index contributed by atoms with van der Waals surface area (Å²) in [6.45, 7) is -15.6. The van der Waals surface area contributed by atoms with Crippen LogP contribution in [-0.4, -0.2) is 163 Å². The first-order valence-corrected chi connectivity index (χ1v) is 25.5. The third-order valence-corrected chi connectivity index (χ3v) is 16.7. The number of esters is 1. The molecule has 3 aromatic carbocycles. The molecule has 0 bridgehead atoms. The Bertz CT molecular complexity index is 2960. The van der Waals surface area contributed by atoms with Crippen molar-refractivity contribution in [1.29, 1.82) is 0 Å². The summed E-state index contributed by atoms with van der Waals surface area (Å²) in [4.78, 5) is 13.3. The number of benzene rings is 3. The van der Waals surface area contributed by atoms with Crippen molar-refractivity contribution in [3.8, 4) is 17.2 Å². The fourth-order valence-electron chi connectivity index (χ4n) is 7.13. The van der Waals surface area contributed by atoms with Crippen LogP contribution in [0.3, 0.4) is 0 Å². The number of hydrogen-bond donors (Lipinski definition) is 0. The van der Waals surface area contributed by atoms with Crippen molar-refractivity contribution in [2.24, 2.45) is 0 Å². The molecule has 0 spiro atoms. The molecule has 51 heteroatoms. The average Bonchev–Trinajstić information content (AvgIpc) is 0.716. The van der Waals surface area contributed by atoms with E-state index in [0.29, 0.717) is 0 Å². The van der Waals surface area contributed by atoms with Gasteiger partial charge in [-0.3, -0.25) is 0 Å². The maximum absolute atomic E-state index is 14.7. The summed E-state index contributed by atoms with van der Waals surface area (Å²) in [5.74, 6) is -157. The van der Waals surface area contributed by atoms with Gasteiger partial charge in [-0.25, -0.2) is 4.79 Å². The Balaban J connectivity index is 2.33. The number of alkyl halides is 45. The molecule has 0 amide bonds. The van der Waals surface area contributed by atoms with Crippen molar-refractivity contribution < 1.29 is 221 Å². The van der Waals surface area contributed by atoms with Crippen molar-refractivity contribution in [2.75, 3.05) is 26.4 Å².